The highest BCUT2D eigenvalue weighted by Gasteiger charge is 2.15. The Labute approximate surface area is 88.4 Å². The Morgan fingerprint density at radius 3 is 2.93 bits per heavy atom. The number of rotatable bonds is 3. The zero-order chi connectivity index (χ0) is 10.7. The van der Waals surface area contributed by atoms with E-state index in [-0.39, 0.29) is 5.91 Å². The van der Waals surface area contributed by atoms with Gasteiger partial charge in [0.2, 0.25) is 5.91 Å². The van der Waals surface area contributed by atoms with Crippen LogP contribution >= 0.6 is 0 Å². The van der Waals surface area contributed by atoms with E-state index in [2.05, 4.69) is 15.4 Å². The van der Waals surface area contributed by atoms with Crippen molar-refractivity contribution in [3.8, 4) is 0 Å². The van der Waals surface area contributed by atoms with Crippen LogP contribution in [0.2, 0.25) is 0 Å². The molecule has 2 rings (SSSR count). The monoisotopic (exact) mass is 209 g/mol. The number of carbonyl (C=O) groups excluding carboxylic acids is 1. The first kappa shape index (κ1) is 10.2. The smallest absolute Gasteiger partial charge is 0.239 e. The lowest BCUT2D eigenvalue weighted by Gasteiger charge is -2.12. The summed E-state index contributed by atoms with van der Waals surface area (Å²) in [5.41, 5.74) is 0. The SMILES string of the molecule is Cc1cc(NC(=O)CN2CCCC2)no1. The summed E-state index contributed by atoms with van der Waals surface area (Å²) in [5, 5.41) is 6.41. The summed E-state index contributed by atoms with van der Waals surface area (Å²) in [6.07, 6.45) is 2.38. The van der Waals surface area contributed by atoms with Gasteiger partial charge in [-0.2, -0.15) is 0 Å². The molecule has 0 aromatic carbocycles. The van der Waals surface area contributed by atoms with Crippen LogP contribution in [0, 0.1) is 6.92 Å². The summed E-state index contributed by atoms with van der Waals surface area (Å²) in [7, 11) is 0. The molecular formula is C10H15N3O2. The van der Waals surface area contributed by atoms with E-state index in [9.17, 15) is 4.79 Å². The standard InChI is InChI=1S/C10H15N3O2/c1-8-6-9(12-15-8)11-10(14)7-13-4-2-3-5-13/h6H,2-5,7H2,1H3,(H,11,12,14). The zero-order valence-corrected chi connectivity index (χ0v) is 8.82. The quantitative estimate of drug-likeness (QED) is 0.807. The number of hydrogen-bond donors (Lipinski definition) is 1. The first-order chi connectivity index (χ1) is 7.24. The van der Waals surface area contributed by atoms with Crippen LogP contribution in [0.1, 0.15) is 18.6 Å². The molecule has 1 amide bonds. The third-order valence-corrected chi connectivity index (χ3v) is 2.46. The molecule has 1 fully saturated rings. The van der Waals surface area contributed by atoms with Crippen molar-refractivity contribution in [1.82, 2.24) is 10.1 Å². The van der Waals surface area contributed by atoms with Crippen molar-refractivity contribution >= 4 is 11.7 Å². The van der Waals surface area contributed by atoms with E-state index in [0.717, 1.165) is 13.1 Å². The lowest BCUT2D eigenvalue weighted by atomic mass is 10.4. The number of aromatic nitrogens is 1. The predicted molar refractivity (Wildman–Crippen MR) is 55.5 cm³/mol. The second-order valence-corrected chi connectivity index (χ2v) is 3.85. The minimum atomic E-state index is -0.0230. The predicted octanol–water partition coefficient (Wildman–Crippen LogP) is 1.02. The minimum absolute atomic E-state index is 0.0230. The van der Waals surface area contributed by atoms with Gasteiger partial charge in [-0.25, -0.2) is 0 Å². The summed E-state index contributed by atoms with van der Waals surface area (Å²) in [5.74, 6) is 1.17. The van der Waals surface area contributed by atoms with Crippen LogP contribution in [0.4, 0.5) is 5.82 Å². The normalized spacial score (nSPS) is 16.9. The minimum Gasteiger partial charge on any atom is -0.360 e. The molecule has 0 saturated carbocycles. The fourth-order valence-corrected chi connectivity index (χ4v) is 1.75. The van der Waals surface area contributed by atoms with Crippen molar-refractivity contribution in [3.05, 3.63) is 11.8 Å². The third-order valence-electron chi connectivity index (χ3n) is 2.46. The molecule has 1 aliphatic rings. The summed E-state index contributed by atoms with van der Waals surface area (Å²) < 4.78 is 4.86. The van der Waals surface area contributed by atoms with Gasteiger partial charge in [0, 0.05) is 6.07 Å². The fourth-order valence-electron chi connectivity index (χ4n) is 1.75. The highest BCUT2D eigenvalue weighted by Crippen LogP contribution is 2.09. The lowest BCUT2D eigenvalue weighted by Crippen LogP contribution is -2.30. The van der Waals surface area contributed by atoms with E-state index in [1.807, 2.05) is 0 Å². The maximum absolute atomic E-state index is 11.5. The highest BCUT2D eigenvalue weighted by molar-refractivity contribution is 5.91. The number of amides is 1. The van der Waals surface area contributed by atoms with E-state index in [4.69, 9.17) is 4.52 Å². The first-order valence-electron chi connectivity index (χ1n) is 5.19. The van der Waals surface area contributed by atoms with Gasteiger partial charge in [-0.3, -0.25) is 9.69 Å². The van der Waals surface area contributed by atoms with Crippen molar-refractivity contribution in [1.29, 1.82) is 0 Å². The Morgan fingerprint density at radius 2 is 2.33 bits per heavy atom. The van der Waals surface area contributed by atoms with Crippen LogP contribution in [0.3, 0.4) is 0 Å². The van der Waals surface area contributed by atoms with Gasteiger partial charge in [0.1, 0.15) is 5.76 Å². The van der Waals surface area contributed by atoms with Gasteiger partial charge < -0.3 is 9.84 Å². The molecule has 0 radical (unpaired) electrons. The van der Waals surface area contributed by atoms with Gasteiger partial charge in [0.25, 0.3) is 0 Å². The molecule has 1 aromatic heterocycles. The van der Waals surface area contributed by atoms with Crippen molar-refractivity contribution in [2.24, 2.45) is 0 Å². The molecule has 5 nitrogen and oxygen atoms in total. The molecule has 0 aliphatic carbocycles. The Kier molecular flexibility index (Phi) is 3.01. The van der Waals surface area contributed by atoms with E-state index in [1.54, 1.807) is 13.0 Å². The lowest BCUT2D eigenvalue weighted by molar-refractivity contribution is -0.117. The molecule has 1 N–H and O–H groups in total. The number of likely N-dealkylation sites (tertiary alicyclic amines) is 1. The Bertz CT molecular complexity index is 342. The first-order valence-corrected chi connectivity index (χ1v) is 5.19. The van der Waals surface area contributed by atoms with E-state index >= 15 is 0 Å². The van der Waals surface area contributed by atoms with E-state index in [0.29, 0.717) is 18.1 Å². The Balaban J connectivity index is 1.81. The number of aryl methyl sites for hydroxylation is 1. The van der Waals surface area contributed by atoms with Gasteiger partial charge in [-0.15, -0.1) is 0 Å². The molecule has 0 unspecified atom stereocenters. The molecule has 0 atom stereocenters. The molecule has 1 aliphatic heterocycles. The molecule has 0 bridgehead atoms. The number of nitrogens with one attached hydrogen (secondary N) is 1. The second kappa shape index (κ2) is 4.44. The van der Waals surface area contributed by atoms with Crippen LogP contribution in [0.5, 0.6) is 0 Å². The summed E-state index contributed by atoms with van der Waals surface area (Å²) in [4.78, 5) is 13.7. The number of carbonyl (C=O) groups is 1. The molecule has 0 spiro atoms. The summed E-state index contributed by atoms with van der Waals surface area (Å²) >= 11 is 0. The molecular weight excluding hydrogens is 194 g/mol. The average Bonchev–Trinajstić information content (AvgIpc) is 2.77. The number of nitrogens with zero attached hydrogens (tertiary/aromatic N) is 2. The molecule has 1 saturated heterocycles. The topological polar surface area (TPSA) is 58.4 Å². The van der Waals surface area contributed by atoms with Crippen LogP contribution in [-0.2, 0) is 4.79 Å². The molecule has 2 heterocycles. The maximum atomic E-state index is 11.5. The largest absolute Gasteiger partial charge is 0.360 e. The average molecular weight is 209 g/mol. The van der Waals surface area contributed by atoms with Crippen LogP contribution in [0.25, 0.3) is 0 Å². The second-order valence-electron chi connectivity index (χ2n) is 3.85. The van der Waals surface area contributed by atoms with Crippen LogP contribution < -0.4 is 5.32 Å². The highest BCUT2D eigenvalue weighted by atomic mass is 16.5. The van der Waals surface area contributed by atoms with Gasteiger partial charge in [0.15, 0.2) is 5.82 Å². The van der Waals surface area contributed by atoms with Crippen LogP contribution in [0.15, 0.2) is 10.6 Å². The molecule has 82 valence electrons. The van der Waals surface area contributed by atoms with E-state index in [1.165, 1.54) is 12.8 Å². The zero-order valence-electron chi connectivity index (χ0n) is 8.82. The summed E-state index contributed by atoms with van der Waals surface area (Å²) in [6.45, 7) is 4.28. The number of hydrogen-bond acceptors (Lipinski definition) is 4. The van der Waals surface area contributed by atoms with Gasteiger partial charge >= 0.3 is 0 Å². The maximum Gasteiger partial charge on any atom is 0.239 e. The van der Waals surface area contributed by atoms with Crippen molar-refractivity contribution in [2.75, 3.05) is 25.0 Å². The molecule has 1 aromatic rings. The van der Waals surface area contributed by atoms with Crippen molar-refractivity contribution < 1.29 is 9.32 Å². The summed E-state index contributed by atoms with van der Waals surface area (Å²) in [6, 6.07) is 1.71. The Hall–Kier alpha value is -1.36. The van der Waals surface area contributed by atoms with Gasteiger partial charge in [-0.1, -0.05) is 5.16 Å². The van der Waals surface area contributed by atoms with Crippen LogP contribution in [-0.4, -0.2) is 35.6 Å². The van der Waals surface area contributed by atoms with E-state index < -0.39 is 0 Å². The third kappa shape index (κ3) is 2.79. The van der Waals surface area contributed by atoms with Crippen molar-refractivity contribution in [2.45, 2.75) is 19.8 Å². The Morgan fingerprint density at radius 1 is 1.60 bits per heavy atom. The van der Waals surface area contributed by atoms with Gasteiger partial charge in [-0.05, 0) is 32.9 Å². The van der Waals surface area contributed by atoms with Gasteiger partial charge in [0.05, 0.1) is 6.54 Å². The van der Waals surface area contributed by atoms with Crippen molar-refractivity contribution in [3.63, 3.8) is 0 Å². The molecule has 15 heavy (non-hydrogen) atoms. The molecule has 5 heteroatoms. The number of anilines is 1. The fraction of sp³-hybridized carbons (Fsp3) is 0.600.